The van der Waals surface area contributed by atoms with Crippen molar-refractivity contribution in [3.8, 4) is 0 Å². The van der Waals surface area contributed by atoms with Crippen LogP contribution in [0, 0.1) is 0 Å². The zero-order valence-electron chi connectivity index (χ0n) is 13.0. The summed E-state index contributed by atoms with van der Waals surface area (Å²) >= 11 is 0. The monoisotopic (exact) mass is 297 g/mol. The fourth-order valence-electron chi connectivity index (χ4n) is 2.24. The first-order valence-corrected chi connectivity index (χ1v) is 7.70. The van der Waals surface area contributed by atoms with Gasteiger partial charge in [0.1, 0.15) is 0 Å². The third-order valence-electron chi connectivity index (χ3n) is 3.56. The lowest BCUT2D eigenvalue weighted by Gasteiger charge is -2.20. The van der Waals surface area contributed by atoms with Crippen LogP contribution in [0.15, 0.2) is 54.9 Å². The van der Waals surface area contributed by atoms with Gasteiger partial charge in [0, 0.05) is 38.4 Å². The van der Waals surface area contributed by atoms with Crippen molar-refractivity contribution in [2.24, 2.45) is 0 Å². The summed E-state index contributed by atoms with van der Waals surface area (Å²) in [6, 6.07) is 14.2. The molecule has 0 radical (unpaired) electrons. The van der Waals surface area contributed by atoms with Crippen LogP contribution in [0.5, 0.6) is 0 Å². The number of amides is 1. The fourth-order valence-corrected chi connectivity index (χ4v) is 2.24. The fraction of sp³-hybridized carbons (Fsp3) is 0.333. The molecule has 2 rings (SSSR count). The Hall–Kier alpha value is -2.20. The second-order valence-corrected chi connectivity index (χ2v) is 5.24. The lowest BCUT2D eigenvalue weighted by Crippen LogP contribution is -2.30. The second kappa shape index (κ2) is 8.95. The number of carbonyl (C=O) groups excluding carboxylic acids is 1. The van der Waals surface area contributed by atoms with Gasteiger partial charge in [0.15, 0.2) is 0 Å². The molecule has 0 aliphatic carbocycles. The lowest BCUT2D eigenvalue weighted by atomic mass is 10.2. The van der Waals surface area contributed by atoms with Crippen LogP contribution in [0.1, 0.15) is 24.5 Å². The lowest BCUT2D eigenvalue weighted by molar-refractivity contribution is -0.121. The van der Waals surface area contributed by atoms with Gasteiger partial charge in [0.05, 0.1) is 0 Å². The summed E-state index contributed by atoms with van der Waals surface area (Å²) in [4.78, 5) is 18.2. The van der Waals surface area contributed by atoms with E-state index in [4.69, 9.17) is 0 Å². The van der Waals surface area contributed by atoms with Crippen LogP contribution >= 0.6 is 0 Å². The van der Waals surface area contributed by atoms with E-state index in [0.717, 1.165) is 25.2 Å². The molecule has 116 valence electrons. The number of carbonyl (C=O) groups is 1. The largest absolute Gasteiger partial charge is 0.352 e. The van der Waals surface area contributed by atoms with Crippen LogP contribution in [0.3, 0.4) is 0 Å². The smallest absolute Gasteiger partial charge is 0.221 e. The molecule has 0 saturated carbocycles. The number of aromatic nitrogens is 1. The molecule has 1 aromatic carbocycles. The standard InChI is InChI=1S/C18H23N3O/c1-2-21(15-16-7-4-3-5-8-16)12-10-18(22)20-14-17-9-6-11-19-13-17/h3-9,11,13H,2,10,12,14-15H2,1H3,(H,20,22). The van der Waals surface area contributed by atoms with Gasteiger partial charge in [-0.15, -0.1) is 0 Å². The van der Waals surface area contributed by atoms with E-state index in [9.17, 15) is 4.79 Å². The van der Waals surface area contributed by atoms with E-state index in [0.29, 0.717) is 13.0 Å². The molecule has 1 heterocycles. The number of hydrogen-bond acceptors (Lipinski definition) is 3. The molecule has 0 atom stereocenters. The Kier molecular flexibility index (Phi) is 6.58. The Bertz CT molecular complexity index is 557. The first kappa shape index (κ1) is 16.2. The molecule has 2 aromatic rings. The third-order valence-corrected chi connectivity index (χ3v) is 3.56. The Morgan fingerprint density at radius 2 is 1.91 bits per heavy atom. The maximum absolute atomic E-state index is 11.9. The molecular formula is C18H23N3O. The molecule has 0 bridgehead atoms. The number of pyridine rings is 1. The SMILES string of the molecule is CCN(CCC(=O)NCc1cccnc1)Cc1ccccc1. The van der Waals surface area contributed by atoms with Crippen LogP contribution in [0.4, 0.5) is 0 Å². The number of nitrogens with one attached hydrogen (secondary N) is 1. The minimum absolute atomic E-state index is 0.0790. The normalized spacial score (nSPS) is 10.6. The van der Waals surface area contributed by atoms with Crippen molar-refractivity contribution in [1.29, 1.82) is 0 Å². The van der Waals surface area contributed by atoms with Gasteiger partial charge >= 0.3 is 0 Å². The number of rotatable bonds is 8. The first-order valence-electron chi connectivity index (χ1n) is 7.70. The second-order valence-electron chi connectivity index (χ2n) is 5.24. The third kappa shape index (κ3) is 5.66. The van der Waals surface area contributed by atoms with Crippen LogP contribution in [0.2, 0.25) is 0 Å². The van der Waals surface area contributed by atoms with Gasteiger partial charge in [-0.25, -0.2) is 0 Å². The van der Waals surface area contributed by atoms with Gasteiger partial charge in [0.25, 0.3) is 0 Å². The Labute approximate surface area is 132 Å². The molecule has 22 heavy (non-hydrogen) atoms. The van der Waals surface area contributed by atoms with Gasteiger partial charge in [-0.2, -0.15) is 0 Å². The molecule has 0 aliphatic heterocycles. The van der Waals surface area contributed by atoms with Crippen molar-refractivity contribution < 1.29 is 4.79 Å². The minimum atomic E-state index is 0.0790. The predicted octanol–water partition coefficient (Wildman–Crippen LogP) is 2.61. The average molecular weight is 297 g/mol. The minimum Gasteiger partial charge on any atom is -0.352 e. The quantitative estimate of drug-likeness (QED) is 0.814. The topological polar surface area (TPSA) is 45.2 Å². The van der Waals surface area contributed by atoms with Gasteiger partial charge in [-0.3, -0.25) is 14.7 Å². The van der Waals surface area contributed by atoms with Crippen molar-refractivity contribution in [3.63, 3.8) is 0 Å². The van der Waals surface area contributed by atoms with E-state index >= 15 is 0 Å². The van der Waals surface area contributed by atoms with E-state index in [1.807, 2.05) is 30.3 Å². The molecule has 1 amide bonds. The van der Waals surface area contributed by atoms with Crippen molar-refractivity contribution in [2.75, 3.05) is 13.1 Å². The maximum atomic E-state index is 11.9. The first-order chi connectivity index (χ1) is 10.8. The summed E-state index contributed by atoms with van der Waals surface area (Å²) in [7, 11) is 0. The van der Waals surface area contributed by atoms with Gasteiger partial charge in [-0.1, -0.05) is 43.3 Å². The molecule has 0 spiro atoms. The molecule has 0 aliphatic rings. The molecule has 0 unspecified atom stereocenters. The van der Waals surface area contributed by atoms with E-state index in [1.54, 1.807) is 12.4 Å². The molecule has 4 nitrogen and oxygen atoms in total. The molecule has 1 N–H and O–H groups in total. The summed E-state index contributed by atoms with van der Waals surface area (Å²) < 4.78 is 0. The zero-order valence-corrected chi connectivity index (χ0v) is 13.0. The number of hydrogen-bond donors (Lipinski definition) is 1. The zero-order chi connectivity index (χ0) is 15.6. The van der Waals surface area contributed by atoms with Crippen LogP contribution < -0.4 is 5.32 Å². The Morgan fingerprint density at radius 3 is 2.59 bits per heavy atom. The summed E-state index contributed by atoms with van der Waals surface area (Å²) in [6.07, 6.45) is 4.02. The molecule has 0 saturated heterocycles. The van der Waals surface area contributed by atoms with Gasteiger partial charge < -0.3 is 5.32 Å². The predicted molar refractivity (Wildman–Crippen MR) is 88.1 cm³/mol. The Morgan fingerprint density at radius 1 is 1.14 bits per heavy atom. The van der Waals surface area contributed by atoms with Gasteiger partial charge in [-0.05, 0) is 23.7 Å². The molecule has 1 aromatic heterocycles. The van der Waals surface area contributed by atoms with Crippen LogP contribution in [-0.4, -0.2) is 28.9 Å². The highest BCUT2D eigenvalue weighted by atomic mass is 16.1. The summed E-state index contributed by atoms with van der Waals surface area (Å²) in [6.45, 7) is 5.25. The van der Waals surface area contributed by atoms with Crippen LogP contribution in [0.25, 0.3) is 0 Å². The summed E-state index contributed by atoms with van der Waals surface area (Å²) in [5, 5.41) is 2.94. The summed E-state index contributed by atoms with van der Waals surface area (Å²) in [5.74, 6) is 0.0790. The van der Waals surface area contributed by atoms with Crippen molar-refractivity contribution >= 4 is 5.91 Å². The number of nitrogens with zero attached hydrogens (tertiary/aromatic N) is 2. The van der Waals surface area contributed by atoms with E-state index in [-0.39, 0.29) is 5.91 Å². The number of benzene rings is 1. The highest BCUT2D eigenvalue weighted by Gasteiger charge is 2.07. The van der Waals surface area contributed by atoms with Crippen molar-refractivity contribution in [3.05, 3.63) is 66.0 Å². The van der Waals surface area contributed by atoms with Crippen molar-refractivity contribution in [2.45, 2.75) is 26.4 Å². The maximum Gasteiger partial charge on any atom is 0.221 e. The van der Waals surface area contributed by atoms with E-state index in [2.05, 4.69) is 34.3 Å². The highest BCUT2D eigenvalue weighted by molar-refractivity contribution is 5.76. The molecule has 4 heteroatoms. The molecule has 0 fully saturated rings. The summed E-state index contributed by atoms with van der Waals surface area (Å²) in [5.41, 5.74) is 2.30. The van der Waals surface area contributed by atoms with Crippen molar-refractivity contribution in [1.82, 2.24) is 15.2 Å². The highest BCUT2D eigenvalue weighted by Crippen LogP contribution is 2.05. The van der Waals surface area contributed by atoms with E-state index in [1.165, 1.54) is 5.56 Å². The van der Waals surface area contributed by atoms with Crippen LogP contribution in [-0.2, 0) is 17.9 Å². The molecular weight excluding hydrogens is 274 g/mol. The average Bonchev–Trinajstić information content (AvgIpc) is 2.58. The van der Waals surface area contributed by atoms with E-state index < -0.39 is 0 Å². The van der Waals surface area contributed by atoms with Gasteiger partial charge in [0.2, 0.25) is 5.91 Å². The Balaban J connectivity index is 1.72.